The molecule has 1 aliphatic rings. The molecule has 24 heavy (non-hydrogen) atoms. The van der Waals surface area contributed by atoms with E-state index in [2.05, 4.69) is 5.32 Å². The predicted octanol–water partition coefficient (Wildman–Crippen LogP) is 1.26. The van der Waals surface area contributed by atoms with Crippen molar-refractivity contribution in [3.63, 3.8) is 0 Å². The molecule has 1 amide bonds. The van der Waals surface area contributed by atoms with Crippen molar-refractivity contribution in [2.75, 3.05) is 19.6 Å². The number of benzene rings is 1. The van der Waals surface area contributed by atoms with E-state index in [9.17, 15) is 13.2 Å². The highest BCUT2D eigenvalue weighted by atomic mass is 35.5. The number of nitrogens with two attached hydrogens (primary N) is 1. The normalized spacial score (nSPS) is 18.6. The molecule has 1 fully saturated rings. The van der Waals surface area contributed by atoms with Crippen LogP contribution in [0.4, 0.5) is 0 Å². The fourth-order valence-corrected chi connectivity index (χ4v) is 4.68. The number of carbonyl (C=O) groups excluding carboxylic acids is 1. The van der Waals surface area contributed by atoms with Crippen LogP contribution in [0.3, 0.4) is 0 Å². The summed E-state index contributed by atoms with van der Waals surface area (Å²) in [5.74, 6) is -0.125. The summed E-state index contributed by atoms with van der Waals surface area (Å²) in [6, 6.07) is 9.02. The summed E-state index contributed by atoms with van der Waals surface area (Å²) >= 11 is 0. The van der Waals surface area contributed by atoms with Gasteiger partial charge < -0.3 is 11.1 Å². The summed E-state index contributed by atoms with van der Waals surface area (Å²) in [5, 5.41) is 2.79. The van der Waals surface area contributed by atoms with Crippen molar-refractivity contribution in [2.45, 2.75) is 37.5 Å². The first-order valence-electron chi connectivity index (χ1n) is 8.03. The Hall–Kier alpha value is -1.15. The first-order valence-corrected chi connectivity index (χ1v) is 9.64. The van der Waals surface area contributed by atoms with Gasteiger partial charge in [0.15, 0.2) is 0 Å². The Kier molecular flexibility index (Phi) is 8.69. The lowest BCUT2D eigenvalue weighted by Gasteiger charge is -2.34. The molecule has 0 bridgehead atoms. The standard InChI is InChI=1S/C16H25N3O3S.ClH/c17-10-9-16(20)18-12-15-8-4-5-11-19(15)23(21,22)13-14-6-2-1-3-7-14;/h1-3,6-7,15H,4-5,8-13,17H2,(H,18,20);1H. The summed E-state index contributed by atoms with van der Waals surface area (Å²) in [6.07, 6.45) is 2.89. The summed E-state index contributed by atoms with van der Waals surface area (Å²) < 4.78 is 27.0. The molecule has 0 radical (unpaired) electrons. The van der Waals surface area contributed by atoms with Gasteiger partial charge in [0.2, 0.25) is 15.9 Å². The number of piperidine rings is 1. The van der Waals surface area contributed by atoms with Gasteiger partial charge in [-0.1, -0.05) is 36.8 Å². The maximum atomic E-state index is 12.7. The highest BCUT2D eigenvalue weighted by molar-refractivity contribution is 7.88. The molecule has 0 spiro atoms. The molecule has 8 heteroatoms. The van der Waals surface area contributed by atoms with Gasteiger partial charge in [-0.25, -0.2) is 8.42 Å². The van der Waals surface area contributed by atoms with E-state index >= 15 is 0 Å². The van der Waals surface area contributed by atoms with Crippen LogP contribution in [0.5, 0.6) is 0 Å². The first-order chi connectivity index (χ1) is 11.0. The second-order valence-corrected chi connectivity index (χ2v) is 7.77. The molecule has 136 valence electrons. The Bertz CT molecular complexity index is 610. The predicted molar refractivity (Wildman–Crippen MR) is 97.3 cm³/mol. The quantitative estimate of drug-likeness (QED) is 0.750. The number of nitrogens with one attached hydrogen (secondary N) is 1. The minimum atomic E-state index is -3.39. The number of hydrogen-bond acceptors (Lipinski definition) is 4. The Balaban J connectivity index is 0.00000288. The van der Waals surface area contributed by atoms with Gasteiger partial charge in [-0.2, -0.15) is 4.31 Å². The highest BCUT2D eigenvalue weighted by Gasteiger charge is 2.32. The van der Waals surface area contributed by atoms with Crippen LogP contribution in [0.25, 0.3) is 0 Å². The van der Waals surface area contributed by atoms with Crippen LogP contribution in [-0.2, 0) is 20.6 Å². The zero-order valence-electron chi connectivity index (χ0n) is 13.7. The van der Waals surface area contributed by atoms with E-state index < -0.39 is 10.0 Å². The van der Waals surface area contributed by atoms with Crippen molar-refractivity contribution in [3.8, 4) is 0 Å². The third kappa shape index (κ3) is 6.05. The lowest BCUT2D eigenvalue weighted by molar-refractivity contribution is -0.121. The van der Waals surface area contributed by atoms with Gasteiger partial charge in [-0.3, -0.25) is 4.79 Å². The summed E-state index contributed by atoms with van der Waals surface area (Å²) in [7, 11) is -3.39. The van der Waals surface area contributed by atoms with Crippen LogP contribution in [-0.4, -0.2) is 44.3 Å². The number of carbonyl (C=O) groups is 1. The Morgan fingerprint density at radius 3 is 2.62 bits per heavy atom. The molecular weight excluding hydrogens is 350 g/mol. The minimum absolute atomic E-state index is 0. The van der Waals surface area contributed by atoms with E-state index in [1.165, 1.54) is 0 Å². The van der Waals surface area contributed by atoms with E-state index in [1.54, 1.807) is 4.31 Å². The van der Waals surface area contributed by atoms with Gasteiger partial charge in [-0.15, -0.1) is 12.4 Å². The SMILES string of the molecule is Cl.NCCC(=O)NCC1CCCCN1S(=O)(=O)Cc1ccccc1. The lowest BCUT2D eigenvalue weighted by Crippen LogP contribution is -2.49. The Morgan fingerprint density at radius 2 is 1.96 bits per heavy atom. The first kappa shape index (κ1) is 20.9. The number of rotatable bonds is 7. The molecule has 1 aromatic rings. The highest BCUT2D eigenvalue weighted by Crippen LogP contribution is 2.22. The molecule has 1 atom stereocenters. The molecule has 1 aliphatic heterocycles. The van der Waals surface area contributed by atoms with E-state index in [-0.39, 0.29) is 36.5 Å². The molecule has 0 aliphatic carbocycles. The van der Waals surface area contributed by atoms with Crippen molar-refractivity contribution >= 4 is 28.3 Å². The van der Waals surface area contributed by atoms with Crippen molar-refractivity contribution < 1.29 is 13.2 Å². The molecule has 1 unspecified atom stereocenters. The average Bonchev–Trinajstić information content (AvgIpc) is 2.54. The number of halogens is 1. The van der Waals surface area contributed by atoms with E-state index in [0.717, 1.165) is 24.8 Å². The summed E-state index contributed by atoms with van der Waals surface area (Å²) in [6.45, 7) is 1.17. The third-order valence-corrected chi connectivity index (χ3v) is 5.92. The summed E-state index contributed by atoms with van der Waals surface area (Å²) in [5.41, 5.74) is 6.13. The van der Waals surface area contributed by atoms with E-state index in [1.807, 2.05) is 30.3 Å². The number of nitrogens with zero attached hydrogens (tertiary/aromatic N) is 1. The van der Waals surface area contributed by atoms with Gasteiger partial charge in [0.25, 0.3) is 0 Å². The lowest BCUT2D eigenvalue weighted by atomic mass is 10.1. The maximum absolute atomic E-state index is 12.7. The molecule has 2 rings (SSSR count). The monoisotopic (exact) mass is 375 g/mol. The second kappa shape index (κ2) is 9.98. The number of amides is 1. The van der Waals surface area contributed by atoms with Crippen molar-refractivity contribution in [1.82, 2.24) is 9.62 Å². The molecule has 1 heterocycles. The summed E-state index contributed by atoms with van der Waals surface area (Å²) in [4.78, 5) is 11.6. The Labute approximate surface area is 150 Å². The molecule has 3 N–H and O–H groups in total. The smallest absolute Gasteiger partial charge is 0.221 e. The van der Waals surface area contributed by atoms with Crippen LogP contribution in [0.1, 0.15) is 31.2 Å². The maximum Gasteiger partial charge on any atom is 0.221 e. The largest absolute Gasteiger partial charge is 0.354 e. The zero-order chi connectivity index (χ0) is 16.7. The third-order valence-electron chi connectivity index (χ3n) is 4.03. The van der Waals surface area contributed by atoms with Gasteiger partial charge in [0.05, 0.1) is 5.75 Å². The molecular formula is C16H26ClN3O3S. The van der Waals surface area contributed by atoms with Gasteiger partial charge in [-0.05, 0) is 18.4 Å². The van der Waals surface area contributed by atoms with Crippen LogP contribution in [0, 0.1) is 0 Å². The minimum Gasteiger partial charge on any atom is -0.354 e. The van der Waals surface area contributed by atoms with Crippen molar-refractivity contribution in [3.05, 3.63) is 35.9 Å². The van der Waals surface area contributed by atoms with E-state index in [4.69, 9.17) is 5.73 Å². The van der Waals surface area contributed by atoms with Gasteiger partial charge in [0, 0.05) is 32.1 Å². The van der Waals surface area contributed by atoms with Crippen molar-refractivity contribution in [1.29, 1.82) is 0 Å². The molecule has 0 saturated carbocycles. The molecule has 0 aromatic heterocycles. The zero-order valence-corrected chi connectivity index (χ0v) is 15.3. The van der Waals surface area contributed by atoms with Crippen molar-refractivity contribution in [2.24, 2.45) is 5.73 Å². The van der Waals surface area contributed by atoms with Crippen LogP contribution < -0.4 is 11.1 Å². The Morgan fingerprint density at radius 1 is 1.25 bits per heavy atom. The average molecular weight is 376 g/mol. The molecule has 6 nitrogen and oxygen atoms in total. The fraction of sp³-hybridized carbons (Fsp3) is 0.562. The fourth-order valence-electron chi connectivity index (χ4n) is 2.86. The molecule has 1 aromatic carbocycles. The topological polar surface area (TPSA) is 92.5 Å². The van der Waals surface area contributed by atoms with E-state index in [0.29, 0.717) is 19.6 Å². The number of sulfonamides is 1. The number of hydrogen-bond donors (Lipinski definition) is 2. The molecule has 1 saturated heterocycles. The van der Waals surface area contributed by atoms with Crippen LogP contribution >= 0.6 is 12.4 Å². The van der Waals surface area contributed by atoms with Crippen LogP contribution in [0.15, 0.2) is 30.3 Å². The van der Waals surface area contributed by atoms with Gasteiger partial charge >= 0.3 is 0 Å². The second-order valence-electron chi connectivity index (χ2n) is 5.84. The van der Waals surface area contributed by atoms with Gasteiger partial charge in [0.1, 0.15) is 0 Å². The van der Waals surface area contributed by atoms with Crippen LogP contribution in [0.2, 0.25) is 0 Å².